The highest BCUT2D eigenvalue weighted by molar-refractivity contribution is 6.32. The highest BCUT2D eigenvalue weighted by Gasteiger charge is 2.19. The van der Waals surface area contributed by atoms with Crippen molar-refractivity contribution < 1.29 is 9.53 Å². The minimum atomic E-state index is -0.190. The number of pyridine rings is 1. The summed E-state index contributed by atoms with van der Waals surface area (Å²) in [6.07, 6.45) is 3.77. The SMILES string of the molecule is Cc1c(OCCCCN(C)C)ccc(C(C)N(C)CC(C)CNC(=O)c2cccnc2Cl)c1C. The zero-order valence-corrected chi connectivity index (χ0v) is 22.6. The van der Waals surface area contributed by atoms with E-state index in [4.69, 9.17) is 16.3 Å². The van der Waals surface area contributed by atoms with E-state index in [1.807, 2.05) is 0 Å². The molecule has 1 aromatic heterocycles. The number of halogens is 1. The van der Waals surface area contributed by atoms with Gasteiger partial charge in [0.25, 0.3) is 5.91 Å². The van der Waals surface area contributed by atoms with Gasteiger partial charge >= 0.3 is 0 Å². The van der Waals surface area contributed by atoms with Gasteiger partial charge in [-0.3, -0.25) is 9.69 Å². The van der Waals surface area contributed by atoms with Crippen molar-refractivity contribution in [3.8, 4) is 5.75 Å². The zero-order valence-electron chi connectivity index (χ0n) is 21.8. The summed E-state index contributed by atoms with van der Waals surface area (Å²) in [5, 5.41) is 3.20. The van der Waals surface area contributed by atoms with Gasteiger partial charge in [-0.25, -0.2) is 4.98 Å². The Kier molecular flexibility index (Phi) is 11.3. The Morgan fingerprint density at radius 3 is 2.53 bits per heavy atom. The predicted molar refractivity (Wildman–Crippen MR) is 141 cm³/mol. The largest absolute Gasteiger partial charge is 0.493 e. The van der Waals surface area contributed by atoms with E-state index in [1.54, 1.807) is 18.3 Å². The first-order valence-corrected chi connectivity index (χ1v) is 12.5. The lowest BCUT2D eigenvalue weighted by atomic mass is 9.96. The van der Waals surface area contributed by atoms with Crippen molar-refractivity contribution in [2.75, 3.05) is 47.4 Å². The van der Waals surface area contributed by atoms with Crippen LogP contribution in [-0.4, -0.2) is 68.1 Å². The minimum absolute atomic E-state index is 0.190. The Hall–Kier alpha value is -2.15. The van der Waals surface area contributed by atoms with Crippen LogP contribution in [0.3, 0.4) is 0 Å². The highest BCUT2D eigenvalue weighted by Crippen LogP contribution is 2.30. The Bertz CT molecular complexity index is 935. The molecular weight excluding hydrogens is 448 g/mol. The maximum absolute atomic E-state index is 12.4. The third kappa shape index (κ3) is 8.26. The van der Waals surface area contributed by atoms with Crippen molar-refractivity contribution in [3.63, 3.8) is 0 Å². The van der Waals surface area contributed by atoms with Crippen molar-refractivity contribution in [2.24, 2.45) is 5.92 Å². The fraction of sp³-hybridized carbons (Fsp3) is 0.556. The second-order valence-corrected chi connectivity index (χ2v) is 9.89. The second-order valence-electron chi connectivity index (χ2n) is 9.53. The molecular formula is C27H41ClN4O2. The molecule has 0 fully saturated rings. The molecule has 0 saturated heterocycles. The van der Waals surface area contributed by atoms with Gasteiger partial charge in [-0.05, 0) is 102 Å². The molecule has 0 spiro atoms. The van der Waals surface area contributed by atoms with E-state index in [0.717, 1.165) is 38.3 Å². The molecule has 1 heterocycles. The quantitative estimate of drug-likeness (QED) is 0.313. The average molecular weight is 489 g/mol. The van der Waals surface area contributed by atoms with Crippen molar-refractivity contribution in [1.82, 2.24) is 20.1 Å². The Morgan fingerprint density at radius 2 is 1.85 bits per heavy atom. The number of nitrogens with one attached hydrogen (secondary N) is 1. The van der Waals surface area contributed by atoms with E-state index >= 15 is 0 Å². The van der Waals surface area contributed by atoms with Gasteiger partial charge in [0, 0.05) is 25.3 Å². The third-order valence-electron chi connectivity index (χ3n) is 6.36. The number of ether oxygens (including phenoxy) is 1. The Balaban J connectivity index is 1.89. The zero-order chi connectivity index (χ0) is 25.3. The summed E-state index contributed by atoms with van der Waals surface area (Å²) in [6.45, 7) is 11.9. The summed E-state index contributed by atoms with van der Waals surface area (Å²) in [5.41, 5.74) is 4.19. The van der Waals surface area contributed by atoms with E-state index in [2.05, 4.69) is 81.1 Å². The molecule has 1 amide bonds. The molecule has 2 aromatic rings. The molecule has 6 nitrogen and oxygen atoms in total. The van der Waals surface area contributed by atoms with Crippen LogP contribution in [0.15, 0.2) is 30.5 Å². The van der Waals surface area contributed by atoms with Gasteiger partial charge in [0.1, 0.15) is 10.9 Å². The number of aromatic nitrogens is 1. The van der Waals surface area contributed by atoms with Gasteiger partial charge in [-0.2, -0.15) is 0 Å². The fourth-order valence-corrected chi connectivity index (χ4v) is 4.21. The summed E-state index contributed by atoms with van der Waals surface area (Å²) >= 11 is 6.03. The first-order chi connectivity index (χ1) is 16.1. The number of nitrogens with zero attached hydrogens (tertiary/aromatic N) is 3. The predicted octanol–water partition coefficient (Wildman–Crippen LogP) is 5.13. The number of unbranched alkanes of at least 4 members (excludes halogenated alkanes) is 1. The number of carbonyl (C=O) groups is 1. The number of rotatable bonds is 13. The molecule has 34 heavy (non-hydrogen) atoms. The molecule has 188 valence electrons. The number of benzene rings is 1. The highest BCUT2D eigenvalue weighted by atomic mass is 35.5. The number of hydrogen-bond donors (Lipinski definition) is 1. The maximum atomic E-state index is 12.4. The van der Waals surface area contributed by atoms with E-state index in [-0.39, 0.29) is 23.0 Å². The van der Waals surface area contributed by atoms with E-state index in [0.29, 0.717) is 12.1 Å². The van der Waals surface area contributed by atoms with Crippen LogP contribution in [0.4, 0.5) is 0 Å². The standard InChI is InChI=1S/C27H41ClN4O2/c1-19(17-30-27(33)24-11-10-14-29-26(24)28)18-32(7)22(4)23-12-13-25(21(3)20(23)2)34-16-9-8-15-31(5)6/h10-14,19,22H,8-9,15-18H2,1-7H3,(H,30,33). The molecule has 0 aliphatic rings. The normalized spacial score (nSPS) is 13.2. The lowest BCUT2D eigenvalue weighted by molar-refractivity contribution is 0.0943. The summed E-state index contributed by atoms with van der Waals surface area (Å²) in [6, 6.07) is 7.95. The van der Waals surface area contributed by atoms with E-state index < -0.39 is 0 Å². The first kappa shape index (κ1) is 28.1. The molecule has 1 aromatic carbocycles. The van der Waals surface area contributed by atoms with Gasteiger partial charge in [0.15, 0.2) is 0 Å². The summed E-state index contributed by atoms with van der Waals surface area (Å²) < 4.78 is 6.07. The number of amides is 1. The molecule has 1 N–H and O–H groups in total. The Morgan fingerprint density at radius 1 is 1.12 bits per heavy atom. The average Bonchev–Trinajstić information content (AvgIpc) is 2.79. The van der Waals surface area contributed by atoms with Gasteiger partial charge in [-0.15, -0.1) is 0 Å². The monoisotopic (exact) mass is 488 g/mol. The van der Waals surface area contributed by atoms with Crippen LogP contribution in [0.25, 0.3) is 0 Å². The van der Waals surface area contributed by atoms with Crippen molar-refractivity contribution >= 4 is 17.5 Å². The molecule has 7 heteroatoms. The molecule has 2 rings (SSSR count). The molecule has 0 aliphatic carbocycles. The first-order valence-electron chi connectivity index (χ1n) is 12.1. The summed E-state index contributed by atoms with van der Waals surface area (Å²) in [4.78, 5) is 20.9. The van der Waals surface area contributed by atoms with Crippen molar-refractivity contribution in [3.05, 3.63) is 57.9 Å². The lowest BCUT2D eigenvalue weighted by Gasteiger charge is -2.30. The van der Waals surface area contributed by atoms with E-state index in [9.17, 15) is 4.79 Å². The van der Waals surface area contributed by atoms with E-state index in [1.165, 1.54) is 16.7 Å². The van der Waals surface area contributed by atoms with Crippen LogP contribution in [0.5, 0.6) is 5.75 Å². The third-order valence-corrected chi connectivity index (χ3v) is 6.66. The van der Waals surface area contributed by atoms with Gasteiger partial charge in [0.2, 0.25) is 0 Å². The second kappa shape index (κ2) is 13.7. The van der Waals surface area contributed by atoms with Crippen LogP contribution in [-0.2, 0) is 0 Å². The molecule has 0 bridgehead atoms. The maximum Gasteiger partial charge on any atom is 0.254 e. The molecule has 2 atom stereocenters. The van der Waals surface area contributed by atoms with Gasteiger partial charge in [0.05, 0.1) is 12.2 Å². The van der Waals surface area contributed by atoms with Crippen LogP contribution in [0.1, 0.15) is 59.8 Å². The van der Waals surface area contributed by atoms with Crippen LogP contribution in [0, 0.1) is 19.8 Å². The summed E-state index contributed by atoms with van der Waals surface area (Å²) in [5.74, 6) is 1.06. The smallest absolute Gasteiger partial charge is 0.254 e. The molecule has 0 aliphatic heterocycles. The van der Waals surface area contributed by atoms with Crippen molar-refractivity contribution in [1.29, 1.82) is 0 Å². The van der Waals surface area contributed by atoms with Crippen LogP contribution < -0.4 is 10.1 Å². The molecule has 0 saturated carbocycles. The number of carbonyl (C=O) groups excluding carboxylic acids is 1. The molecule has 2 unspecified atom stereocenters. The Labute approximate surface area is 210 Å². The van der Waals surface area contributed by atoms with Gasteiger partial charge in [-0.1, -0.05) is 24.6 Å². The lowest BCUT2D eigenvalue weighted by Crippen LogP contribution is -2.35. The van der Waals surface area contributed by atoms with Crippen LogP contribution >= 0.6 is 11.6 Å². The van der Waals surface area contributed by atoms with Gasteiger partial charge < -0.3 is 15.0 Å². The topological polar surface area (TPSA) is 57.7 Å². The summed E-state index contributed by atoms with van der Waals surface area (Å²) in [7, 11) is 6.33. The minimum Gasteiger partial charge on any atom is -0.493 e. The molecule has 0 radical (unpaired) electrons. The fourth-order valence-electron chi connectivity index (χ4n) is 4.01. The number of hydrogen-bond acceptors (Lipinski definition) is 5. The van der Waals surface area contributed by atoms with Crippen LogP contribution in [0.2, 0.25) is 5.15 Å². The van der Waals surface area contributed by atoms with Crippen molar-refractivity contribution in [2.45, 2.75) is 46.6 Å².